The van der Waals surface area contributed by atoms with Gasteiger partial charge >= 0.3 is 5.97 Å². The normalized spacial score (nSPS) is 16.2. The maximum Gasteiger partial charge on any atom is 0.349 e. The Morgan fingerprint density at radius 2 is 1.77 bits per heavy atom. The largest absolute Gasteiger partial charge is 0.465 e. The van der Waals surface area contributed by atoms with Gasteiger partial charge in [0, 0.05) is 13.1 Å². The first-order valence-electron chi connectivity index (χ1n) is 7.33. The van der Waals surface area contributed by atoms with Crippen LogP contribution in [0.15, 0.2) is 45.5 Å². The zero-order valence-electron chi connectivity index (χ0n) is 13.5. The van der Waals surface area contributed by atoms with E-state index >= 15 is 0 Å². The van der Waals surface area contributed by atoms with Crippen molar-refractivity contribution in [1.82, 2.24) is 4.31 Å². The van der Waals surface area contributed by atoms with Gasteiger partial charge in [-0.15, -0.1) is 11.3 Å². The molecule has 2 heterocycles. The molecule has 1 aliphatic rings. The van der Waals surface area contributed by atoms with E-state index < -0.39 is 36.9 Å². The summed E-state index contributed by atoms with van der Waals surface area (Å²) in [6.07, 6.45) is 0. The Morgan fingerprint density at radius 3 is 2.35 bits per heavy atom. The number of esters is 1. The predicted octanol–water partition coefficient (Wildman–Crippen LogP) is 1.52. The Hall–Kier alpha value is -1.82. The van der Waals surface area contributed by atoms with Crippen molar-refractivity contribution in [3.05, 3.63) is 46.4 Å². The Kier molecular flexibility index (Phi) is 4.90. The molecule has 0 unspecified atom stereocenters. The number of sulfone groups is 1. The smallest absolute Gasteiger partial charge is 0.349 e. The molecule has 0 saturated carbocycles. The number of sulfonamides is 1. The lowest BCUT2D eigenvalue weighted by Gasteiger charge is -2.37. The molecule has 0 atom stereocenters. The second-order valence-electron chi connectivity index (χ2n) is 5.55. The summed E-state index contributed by atoms with van der Waals surface area (Å²) in [6.45, 7) is -0.475. The van der Waals surface area contributed by atoms with Crippen LogP contribution in [-0.2, 0) is 24.6 Å². The first-order chi connectivity index (χ1) is 12.2. The van der Waals surface area contributed by atoms with Crippen LogP contribution in [0, 0.1) is 5.82 Å². The van der Waals surface area contributed by atoms with Crippen molar-refractivity contribution in [2.45, 2.75) is 15.0 Å². The van der Waals surface area contributed by atoms with Crippen molar-refractivity contribution in [2.75, 3.05) is 20.2 Å². The van der Waals surface area contributed by atoms with E-state index in [1.54, 1.807) is 0 Å². The summed E-state index contributed by atoms with van der Waals surface area (Å²) in [5.41, 5.74) is 0. The molecule has 140 valence electrons. The summed E-state index contributed by atoms with van der Waals surface area (Å²) < 4.78 is 68.8. The third-order valence-electron chi connectivity index (χ3n) is 4.01. The van der Waals surface area contributed by atoms with Gasteiger partial charge in [-0.05, 0) is 35.7 Å². The number of carbonyl (C=O) groups excluding carboxylic acids is 1. The summed E-state index contributed by atoms with van der Waals surface area (Å²) in [6, 6.07) is 5.66. The van der Waals surface area contributed by atoms with Crippen LogP contribution in [0.2, 0.25) is 0 Å². The minimum Gasteiger partial charge on any atom is -0.465 e. The van der Waals surface area contributed by atoms with Gasteiger partial charge in [-0.1, -0.05) is 0 Å². The molecule has 1 saturated heterocycles. The van der Waals surface area contributed by atoms with Crippen molar-refractivity contribution in [3.8, 4) is 0 Å². The first kappa shape index (κ1) is 19.0. The van der Waals surface area contributed by atoms with E-state index in [-0.39, 0.29) is 27.8 Å². The number of benzene rings is 1. The maximum absolute atomic E-state index is 13.0. The molecule has 1 fully saturated rings. The Morgan fingerprint density at radius 1 is 1.15 bits per heavy atom. The molecule has 0 aliphatic carbocycles. The van der Waals surface area contributed by atoms with Crippen LogP contribution in [-0.4, -0.2) is 52.6 Å². The van der Waals surface area contributed by atoms with Crippen molar-refractivity contribution in [2.24, 2.45) is 0 Å². The van der Waals surface area contributed by atoms with E-state index in [4.69, 9.17) is 0 Å². The molecule has 26 heavy (non-hydrogen) atoms. The second kappa shape index (κ2) is 6.72. The second-order valence-corrected chi connectivity index (χ2v) is 10.6. The van der Waals surface area contributed by atoms with Crippen LogP contribution < -0.4 is 0 Å². The highest BCUT2D eigenvalue weighted by Gasteiger charge is 2.45. The fourth-order valence-electron chi connectivity index (χ4n) is 2.49. The van der Waals surface area contributed by atoms with Crippen LogP contribution >= 0.6 is 11.3 Å². The third-order valence-corrected chi connectivity index (χ3v) is 9.02. The number of rotatable bonds is 5. The molecule has 1 aromatic carbocycles. The zero-order chi connectivity index (χ0) is 19.1. The molecule has 7 nitrogen and oxygen atoms in total. The minimum atomic E-state index is -4.01. The summed E-state index contributed by atoms with van der Waals surface area (Å²) in [5.74, 6) is -1.33. The highest BCUT2D eigenvalue weighted by Crippen LogP contribution is 2.32. The number of carbonyl (C=O) groups is 1. The standard InChI is InChI=1S/C15H14FNO6S3/c1-23-15(18)14-13(6-7-24-14)26(21,22)17-8-12(9-17)25(19,20)11-4-2-10(16)3-5-11/h2-7,12H,8-9H2,1H3. The number of ether oxygens (including phenoxy) is 1. The van der Waals surface area contributed by atoms with Crippen LogP contribution in [0.5, 0.6) is 0 Å². The van der Waals surface area contributed by atoms with Crippen molar-refractivity contribution < 1.29 is 30.8 Å². The lowest BCUT2D eigenvalue weighted by molar-refractivity contribution is 0.0602. The third kappa shape index (κ3) is 3.15. The van der Waals surface area contributed by atoms with Gasteiger partial charge in [-0.2, -0.15) is 4.31 Å². The van der Waals surface area contributed by atoms with E-state index in [9.17, 15) is 26.0 Å². The lowest BCUT2D eigenvalue weighted by atomic mass is 10.3. The van der Waals surface area contributed by atoms with Crippen LogP contribution in [0.3, 0.4) is 0 Å². The molecular weight excluding hydrogens is 405 g/mol. The highest BCUT2D eigenvalue weighted by molar-refractivity contribution is 7.92. The summed E-state index contributed by atoms with van der Waals surface area (Å²) >= 11 is 0.932. The summed E-state index contributed by atoms with van der Waals surface area (Å²) in [4.78, 5) is 11.4. The van der Waals surface area contributed by atoms with Gasteiger partial charge in [0.1, 0.15) is 15.6 Å². The van der Waals surface area contributed by atoms with E-state index in [1.165, 1.54) is 11.4 Å². The summed E-state index contributed by atoms with van der Waals surface area (Å²) in [5, 5.41) is 0.522. The molecule has 0 spiro atoms. The molecule has 0 bridgehead atoms. The van der Waals surface area contributed by atoms with Crippen molar-refractivity contribution in [1.29, 1.82) is 0 Å². The van der Waals surface area contributed by atoms with Gasteiger partial charge in [0.2, 0.25) is 10.0 Å². The molecule has 3 rings (SSSR count). The summed E-state index contributed by atoms with van der Waals surface area (Å²) in [7, 11) is -6.64. The Labute approximate surface area is 154 Å². The predicted molar refractivity (Wildman–Crippen MR) is 91.8 cm³/mol. The SMILES string of the molecule is COC(=O)c1sccc1S(=O)(=O)N1CC(S(=O)(=O)c2ccc(F)cc2)C1. The fraction of sp³-hybridized carbons (Fsp3) is 0.267. The van der Waals surface area contributed by atoms with Crippen LogP contribution in [0.1, 0.15) is 9.67 Å². The van der Waals surface area contributed by atoms with Crippen molar-refractivity contribution >= 4 is 37.2 Å². The molecule has 0 amide bonds. The number of thiophene rings is 1. The van der Waals surface area contributed by atoms with E-state index in [0.29, 0.717) is 0 Å². The van der Waals surface area contributed by atoms with Gasteiger partial charge in [0.05, 0.1) is 17.3 Å². The Balaban J connectivity index is 1.80. The highest BCUT2D eigenvalue weighted by atomic mass is 32.2. The first-order valence-corrected chi connectivity index (χ1v) is 11.2. The fourth-order valence-corrected chi connectivity index (χ4v) is 7.17. The average Bonchev–Trinajstić information content (AvgIpc) is 3.03. The maximum atomic E-state index is 13.0. The van der Waals surface area contributed by atoms with Gasteiger partial charge in [0.25, 0.3) is 0 Å². The van der Waals surface area contributed by atoms with E-state index in [1.807, 2.05) is 0 Å². The van der Waals surface area contributed by atoms with E-state index in [2.05, 4.69) is 4.74 Å². The Bertz CT molecular complexity index is 1040. The zero-order valence-corrected chi connectivity index (χ0v) is 15.9. The quantitative estimate of drug-likeness (QED) is 0.538. The molecule has 0 N–H and O–H groups in total. The number of halogens is 1. The van der Waals surface area contributed by atoms with Gasteiger partial charge in [-0.3, -0.25) is 0 Å². The van der Waals surface area contributed by atoms with Gasteiger partial charge < -0.3 is 4.74 Å². The molecular formula is C15H14FNO6S3. The topological polar surface area (TPSA) is 97.8 Å². The van der Waals surface area contributed by atoms with E-state index in [0.717, 1.165) is 47.0 Å². The number of methoxy groups -OCH3 is 1. The average molecular weight is 419 g/mol. The van der Waals surface area contributed by atoms with Gasteiger partial charge in [-0.25, -0.2) is 26.0 Å². The molecule has 1 aliphatic heterocycles. The van der Waals surface area contributed by atoms with Crippen LogP contribution in [0.4, 0.5) is 4.39 Å². The molecule has 11 heteroatoms. The number of hydrogen-bond acceptors (Lipinski definition) is 7. The minimum absolute atomic E-state index is 0.0580. The van der Waals surface area contributed by atoms with Crippen LogP contribution in [0.25, 0.3) is 0 Å². The molecule has 0 radical (unpaired) electrons. The van der Waals surface area contributed by atoms with Crippen molar-refractivity contribution in [3.63, 3.8) is 0 Å². The lowest BCUT2D eigenvalue weighted by Crippen LogP contribution is -2.56. The molecule has 2 aromatic rings. The monoisotopic (exact) mass is 419 g/mol. The van der Waals surface area contributed by atoms with Gasteiger partial charge in [0.15, 0.2) is 9.84 Å². The molecule has 1 aromatic heterocycles. The number of nitrogens with zero attached hydrogens (tertiary/aromatic N) is 1. The number of hydrogen-bond donors (Lipinski definition) is 0.